The van der Waals surface area contributed by atoms with Crippen molar-refractivity contribution >= 4 is 173 Å². The molecule has 9 nitrogen and oxygen atoms in total. The van der Waals surface area contributed by atoms with Gasteiger partial charge in [-0.3, -0.25) is 0 Å². The number of fused-ring (bicyclic) bond motifs is 2. The first-order valence-corrected chi connectivity index (χ1v) is 44.6. The molecule has 19 aromatic rings. The Hall–Kier alpha value is -13.5. The van der Waals surface area contributed by atoms with Gasteiger partial charge in [0.15, 0.2) is 0 Å². The highest BCUT2D eigenvalue weighted by Gasteiger charge is 2.51. The minimum atomic E-state index is -0.346. The molecule has 20 rings (SSSR count). The van der Waals surface area contributed by atoms with Crippen LogP contribution in [0.2, 0.25) is 0 Å². The van der Waals surface area contributed by atoms with E-state index in [2.05, 4.69) is 503 Å². The summed E-state index contributed by atoms with van der Waals surface area (Å²) >= 11 is 10.7. The number of rotatable bonds is 20. The average Bonchev–Trinajstić information content (AvgIpc) is 1.59. The van der Waals surface area contributed by atoms with E-state index in [1.165, 1.54) is 0 Å². The van der Waals surface area contributed by atoms with Crippen molar-refractivity contribution in [3.8, 4) is 43.4 Å². The Balaban J connectivity index is 0.000000148. The van der Waals surface area contributed by atoms with E-state index in [1.807, 2.05) is 30.3 Å². The van der Waals surface area contributed by atoms with E-state index in [-0.39, 0.29) is 18.3 Å². The fraction of sp³-hybridized carbons (Fsp3) is 0.0545. The normalized spacial score (nSPS) is 12.5. The van der Waals surface area contributed by atoms with E-state index in [0.29, 0.717) is 0 Å². The minimum absolute atomic E-state index is 0.337. The number of hydrogen-bond donors (Lipinski definition) is 0. The first kappa shape index (κ1) is 81.5. The predicted octanol–water partition coefficient (Wildman–Crippen LogP) is 32.1. The summed E-state index contributed by atoms with van der Waals surface area (Å²) in [6.45, 7) is 8.31. The molecule has 0 radical (unpaired) electrons. The van der Waals surface area contributed by atoms with Gasteiger partial charge >= 0.3 is 7.12 Å². The molecule has 2 aromatic heterocycles. The van der Waals surface area contributed by atoms with Crippen molar-refractivity contribution < 1.29 is 9.31 Å². The van der Waals surface area contributed by atoms with E-state index < -0.39 is 0 Å². The smallest absolute Gasteiger partial charge is 0.399 e. The second-order valence-electron chi connectivity index (χ2n) is 31.0. The molecule has 602 valence electrons. The van der Waals surface area contributed by atoms with Crippen molar-refractivity contribution in [2.75, 3.05) is 24.5 Å². The molecule has 14 heteroatoms. The van der Waals surface area contributed by atoms with Crippen molar-refractivity contribution in [2.45, 2.75) is 38.9 Å². The summed E-state index contributed by atoms with van der Waals surface area (Å²) in [5.41, 5.74) is 25.6. The third-order valence-electron chi connectivity index (χ3n) is 22.4. The molecule has 0 aliphatic carbocycles. The predicted molar refractivity (Wildman–Crippen MR) is 532 cm³/mol. The van der Waals surface area contributed by atoms with Crippen LogP contribution in [0.3, 0.4) is 0 Å². The third-order valence-corrected chi connectivity index (χ3v) is 26.3. The number of thiazole rings is 2. The Morgan fingerprint density at radius 2 is 0.444 bits per heavy atom. The number of benzene rings is 17. The van der Waals surface area contributed by atoms with Crippen LogP contribution in [0.1, 0.15) is 27.7 Å². The topological polar surface area (TPSA) is 60.4 Å². The Kier molecular flexibility index (Phi) is 24.3. The largest absolute Gasteiger partial charge is 0.494 e. The molecule has 124 heavy (non-hydrogen) atoms. The van der Waals surface area contributed by atoms with Crippen molar-refractivity contribution in [2.24, 2.45) is 0 Å². The van der Waals surface area contributed by atoms with Crippen molar-refractivity contribution in [3.05, 3.63) is 458 Å². The molecule has 1 fully saturated rings. The minimum Gasteiger partial charge on any atom is -0.399 e. The maximum absolute atomic E-state index is 6.18. The Morgan fingerprint density at radius 3 is 0.718 bits per heavy atom. The van der Waals surface area contributed by atoms with Crippen LogP contribution in [0, 0.1) is 0 Å². The SMILES string of the molecule is Brc1ccc(Br)c2sc(-c3ccc(N(c4ccccc4)c4ccccc4)cc3)nc12.CC1(C)OB(c2ccc(N(c3ccccc3)c3ccccc3)cc2)OC1(C)C.c1ccc(N(c2ccccc2)c2ccc(-c3nc4c(-c5ccc(N(c6ccccc6)c6ccccc6)cc5)ccc(-c5ccc(N(c6ccccc6)c6ccccc6)cc5)c4s3)cc2)cc1. The lowest BCUT2D eigenvalue weighted by Crippen LogP contribution is -2.41. The highest BCUT2D eigenvalue weighted by atomic mass is 79.9. The molecule has 1 aliphatic heterocycles. The zero-order valence-corrected chi connectivity index (χ0v) is 73.6. The summed E-state index contributed by atoms with van der Waals surface area (Å²) in [4.78, 5) is 21.8. The second kappa shape index (κ2) is 37.0. The van der Waals surface area contributed by atoms with Crippen LogP contribution in [-0.4, -0.2) is 28.3 Å². The van der Waals surface area contributed by atoms with Gasteiger partial charge in [-0.05, 0) is 295 Å². The summed E-state index contributed by atoms with van der Waals surface area (Å²) in [5.74, 6) is 0. The Labute approximate surface area is 750 Å². The first-order chi connectivity index (χ1) is 60.8. The van der Waals surface area contributed by atoms with E-state index in [9.17, 15) is 0 Å². The molecular formula is C110H86BBr2N7O2S2. The molecule has 0 saturated carbocycles. The van der Waals surface area contributed by atoms with E-state index in [4.69, 9.17) is 19.3 Å². The van der Waals surface area contributed by atoms with Crippen LogP contribution in [0.5, 0.6) is 0 Å². The summed E-state index contributed by atoms with van der Waals surface area (Å²) in [7, 11) is -0.346. The maximum Gasteiger partial charge on any atom is 0.494 e. The van der Waals surface area contributed by atoms with Crippen molar-refractivity contribution in [1.82, 2.24) is 9.97 Å². The van der Waals surface area contributed by atoms with Crippen LogP contribution in [0.4, 0.5) is 85.3 Å². The van der Waals surface area contributed by atoms with Gasteiger partial charge in [0, 0.05) is 117 Å². The molecule has 0 unspecified atom stereocenters. The highest BCUT2D eigenvalue weighted by Crippen LogP contribution is 2.48. The van der Waals surface area contributed by atoms with Crippen LogP contribution >= 0.6 is 54.5 Å². The lowest BCUT2D eigenvalue weighted by molar-refractivity contribution is 0.00578. The van der Waals surface area contributed by atoms with Crippen LogP contribution in [0.25, 0.3) is 63.8 Å². The van der Waals surface area contributed by atoms with E-state index in [0.717, 1.165) is 164 Å². The molecule has 0 amide bonds. The van der Waals surface area contributed by atoms with Gasteiger partial charge in [0.2, 0.25) is 0 Å². The van der Waals surface area contributed by atoms with Gasteiger partial charge in [-0.25, -0.2) is 9.97 Å². The molecule has 3 heterocycles. The van der Waals surface area contributed by atoms with Crippen LogP contribution in [-0.2, 0) is 9.31 Å². The zero-order chi connectivity index (χ0) is 84.4. The van der Waals surface area contributed by atoms with Gasteiger partial charge in [0.1, 0.15) is 10.0 Å². The molecular weight excluding hydrogens is 1690 g/mol. The molecule has 0 N–H and O–H groups in total. The number of anilines is 15. The van der Waals surface area contributed by atoms with E-state index in [1.54, 1.807) is 22.7 Å². The molecule has 17 aromatic carbocycles. The van der Waals surface area contributed by atoms with Crippen molar-refractivity contribution in [3.63, 3.8) is 0 Å². The van der Waals surface area contributed by atoms with Crippen LogP contribution < -0.4 is 30.0 Å². The van der Waals surface area contributed by atoms with Gasteiger partial charge < -0.3 is 33.8 Å². The van der Waals surface area contributed by atoms with Crippen molar-refractivity contribution in [1.29, 1.82) is 0 Å². The Bertz CT molecular complexity index is 6310. The number of para-hydroxylation sites is 10. The van der Waals surface area contributed by atoms with Gasteiger partial charge in [-0.15, -0.1) is 22.7 Å². The average molecular weight is 1770 g/mol. The fourth-order valence-corrected chi connectivity index (χ4v) is 18.8. The highest BCUT2D eigenvalue weighted by molar-refractivity contribution is 9.11. The second-order valence-corrected chi connectivity index (χ2v) is 34.7. The van der Waals surface area contributed by atoms with Gasteiger partial charge in [0.05, 0.1) is 31.6 Å². The molecule has 1 aliphatic rings. The van der Waals surface area contributed by atoms with E-state index >= 15 is 0 Å². The molecule has 0 spiro atoms. The maximum atomic E-state index is 6.18. The number of hydrogen-bond acceptors (Lipinski definition) is 11. The number of aromatic nitrogens is 2. The monoisotopic (exact) mass is 1770 g/mol. The first-order valence-electron chi connectivity index (χ1n) is 41.4. The summed E-state index contributed by atoms with van der Waals surface area (Å²) in [6, 6.07) is 157. The summed E-state index contributed by atoms with van der Waals surface area (Å²) < 4.78 is 16.8. The Morgan fingerprint density at radius 1 is 0.226 bits per heavy atom. The van der Waals surface area contributed by atoms with Gasteiger partial charge in [-0.1, -0.05) is 231 Å². The number of halogens is 2. The molecule has 0 bridgehead atoms. The molecule has 0 atom stereocenters. The molecule has 1 saturated heterocycles. The zero-order valence-electron chi connectivity index (χ0n) is 68.8. The lowest BCUT2D eigenvalue weighted by atomic mass is 9.79. The summed E-state index contributed by atoms with van der Waals surface area (Å²) in [6.07, 6.45) is 0. The van der Waals surface area contributed by atoms with Gasteiger partial charge in [-0.2, -0.15) is 0 Å². The van der Waals surface area contributed by atoms with Crippen LogP contribution in [0.15, 0.2) is 458 Å². The standard InChI is InChI=1S/C61H44N4S.C25H16Br2N2S.C24H26BNO2/c1-7-19-48(20-8-1)63(49-21-9-2-10-22-49)54-37-31-45(32-38-54)57-43-44-58(46-33-39-55(40-34-46)64(50-23-11-3-12-24-50)51-25-13-4-14-26-51)60-59(57)62-61(66-60)47-35-41-56(42-36-47)65(52-27-15-5-16-28-52)53-29-17-6-18-30-53;26-21-15-16-22(27)24-23(21)28-25(30-24)17-11-13-20(14-12-17)29(18-7-3-1-4-8-18)19-9-5-2-6-10-19;1-23(2)24(3,4)28-25(27-23)19-15-17-22(18-16-19)26(20-11-7-5-8-12-20)21-13-9-6-10-14-21/h1-44H;1-16H;5-18H,1-4H3. The number of nitrogens with zero attached hydrogens (tertiary/aromatic N) is 7. The summed E-state index contributed by atoms with van der Waals surface area (Å²) in [5, 5.41) is 1.98. The quantitative estimate of drug-likeness (QED) is 0.0695. The van der Waals surface area contributed by atoms with Gasteiger partial charge in [0.25, 0.3) is 0 Å². The third kappa shape index (κ3) is 17.8. The fourth-order valence-electron chi connectivity index (χ4n) is 15.5. The lowest BCUT2D eigenvalue weighted by Gasteiger charge is -2.32.